The third kappa shape index (κ3) is 2.95. The smallest absolute Gasteiger partial charge is 0.260 e. The summed E-state index contributed by atoms with van der Waals surface area (Å²) in [5, 5.41) is 9.83. The zero-order chi connectivity index (χ0) is 17.1. The van der Waals surface area contributed by atoms with Crippen molar-refractivity contribution in [3.63, 3.8) is 0 Å². The van der Waals surface area contributed by atoms with Crippen LogP contribution in [-0.2, 0) is 17.8 Å². The molecule has 3 aromatic heterocycles. The zero-order valence-corrected chi connectivity index (χ0v) is 13.4. The number of rotatable bonds is 6. The van der Waals surface area contributed by atoms with Gasteiger partial charge in [-0.25, -0.2) is 4.98 Å². The fourth-order valence-corrected chi connectivity index (χ4v) is 2.74. The quantitative estimate of drug-likeness (QED) is 0.532. The third-order valence-electron chi connectivity index (χ3n) is 3.98. The molecule has 0 aliphatic carbocycles. The molecule has 0 fully saturated rings. The summed E-state index contributed by atoms with van der Waals surface area (Å²) >= 11 is 0. The molecule has 7 heteroatoms. The van der Waals surface area contributed by atoms with Crippen LogP contribution in [0.1, 0.15) is 6.42 Å². The Balaban J connectivity index is 2.16. The van der Waals surface area contributed by atoms with Crippen molar-refractivity contribution in [3.05, 3.63) is 51.3 Å². The Morgan fingerprint density at radius 1 is 1.04 bits per heavy atom. The monoisotopic (exact) mass is 329 g/mol. The molecule has 3 rings (SSSR count). The van der Waals surface area contributed by atoms with Crippen LogP contribution in [0.2, 0.25) is 0 Å². The van der Waals surface area contributed by atoms with E-state index in [0.717, 1.165) is 6.42 Å². The second-order valence-electron chi connectivity index (χ2n) is 5.55. The molecule has 0 aliphatic heterocycles. The van der Waals surface area contributed by atoms with Crippen LogP contribution in [0.5, 0.6) is 0 Å². The van der Waals surface area contributed by atoms with Gasteiger partial charge in [0.15, 0.2) is 0 Å². The molecule has 0 atom stereocenters. The van der Waals surface area contributed by atoms with Crippen molar-refractivity contribution in [3.8, 4) is 0 Å². The lowest BCUT2D eigenvalue weighted by molar-refractivity contribution is 0.190. The van der Waals surface area contributed by atoms with Gasteiger partial charge in [-0.05, 0) is 24.6 Å². The maximum absolute atomic E-state index is 12.6. The van der Waals surface area contributed by atoms with E-state index in [1.54, 1.807) is 42.3 Å². The summed E-state index contributed by atoms with van der Waals surface area (Å²) in [5.41, 5.74) is 0.674. The Bertz CT molecular complexity index is 991. The summed E-state index contributed by atoms with van der Waals surface area (Å²) in [6.07, 6.45) is 4.05. The Morgan fingerprint density at radius 2 is 1.62 bits per heavy atom. The number of aryl methyl sites for hydroxylation is 1. The van der Waals surface area contributed by atoms with E-state index < -0.39 is 0 Å². The third-order valence-corrected chi connectivity index (χ3v) is 3.98. The molecule has 0 unspecified atom stereocenters. The number of hydrogen-bond donors (Lipinski definition) is 1. The number of ether oxygens (including phenoxy) is 1. The molecule has 0 saturated heterocycles. The Hall–Kier alpha value is -2.51. The van der Waals surface area contributed by atoms with Crippen molar-refractivity contribution in [1.29, 1.82) is 0 Å². The molecule has 0 radical (unpaired) electrons. The van der Waals surface area contributed by atoms with E-state index in [0.29, 0.717) is 35.0 Å². The standard InChI is InChI=1S/C17H19N3O4/c1-24-10-2-5-19-6-3-14-12(16(19)22)11-13-15(18-14)4-7-20(8-9-21)17(13)23/h3-4,6-7,11,21H,2,5,8-10H2,1H3. The van der Waals surface area contributed by atoms with Crippen LogP contribution < -0.4 is 11.1 Å². The predicted octanol–water partition coefficient (Wildman–Crippen LogP) is 0.740. The highest BCUT2D eigenvalue weighted by atomic mass is 16.5. The van der Waals surface area contributed by atoms with Gasteiger partial charge in [-0.2, -0.15) is 0 Å². The van der Waals surface area contributed by atoms with Crippen LogP contribution in [0, 0.1) is 0 Å². The average Bonchev–Trinajstić information content (AvgIpc) is 2.59. The zero-order valence-electron chi connectivity index (χ0n) is 13.4. The average molecular weight is 329 g/mol. The Morgan fingerprint density at radius 3 is 2.17 bits per heavy atom. The second-order valence-corrected chi connectivity index (χ2v) is 5.55. The fraction of sp³-hybridized carbons (Fsp3) is 0.353. The van der Waals surface area contributed by atoms with Crippen LogP contribution >= 0.6 is 0 Å². The van der Waals surface area contributed by atoms with E-state index in [4.69, 9.17) is 9.84 Å². The van der Waals surface area contributed by atoms with Crippen molar-refractivity contribution < 1.29 is 9.84 Å². The number of aliphatic hydroxyl groups is 1. The highest BCUT2D eigenvalue weighted by molar-refractivity contribution is 5.91. The number of hydrogen-bond acceptors (Lipinski definition) is 5. The van der Waals surface area contributed by atoms with Crippen molar-refractivity contribution in [1.82, 2.24) is 14.1 Å². The molecule has 0 saturated carbocycles. The van der Waals surface area contributed by atoms with E-state index in [-0.39, 0.29) is 24.3 Å². The molecule has 126 valence electrons. The minimum atomic E-state index is -0.259. The van der Waals surface area contributed by atoms with Crippen molar-refractivity contribution in [2.24, 2.45) is 0 Å². The van der Waals surface area contributed by atoms with Gasteiger partial charge in [-0.3, -0.25) is 9.59 Å². The van der Waals surface area contributed by atoms with Crippen LogP contribution in [0.25, 0.3) is 21.8 Å². The fourth-order valence-electron chi connectivity index (χ4n) is 2.74. The first kappa shape index (κ1) is 16.4. The molecule has 7 nitrogen and oxygen atoms in total. The predicted molar refractivity (Wildman–Crippen MR) is 91.3 cm³/mol. The summed E-state index contributed by atoms with van der Waals surface area (Å²) in [4.78, 5) is 29.5. The van der Waals surface area contributed by atoms with E-state index in [2.05, 4.69) is 4.98 Å². The molecule has 0 amide bonds. The number of aromatic nitrogens is 3. The maximum Gasteiger partial charge on any atom is 0.260 e. The Kier molecular flexibility index (Phi) is 4.73. The van der Waals surface area contributed by atoms with Gasteiger partial charge in [0, 0.05) is 39.2 Å². The molecule has 0 spiro atoms. The first-order valence-corrected chi connectivity index (χ1v) is 7.79. The van der Waals surface area contributed by atoms with Crippen molar-refractivity contribution >= 4 is 21.8 Å². The molecule has 0 aliphatic rings. The van der Waals surface area contributed by atoms with Crippen molar-refractivity contribution in [2.75, 3.05) is 20.3 Å². The van der Waals surface area contributed by atoms with Gasteiger partial charge >= 0.3 is 0 Å². The van der Waals surface area contributed by atoms with E-state index in [1.165, 1.54) is 4.57 Å². The number of aliphatic hydroxyl groups excluding tert-OH is 1. The topological polar surface area (TPSA) is 86.3 Å². The largest absolute Gasteiger partial charge is 0.395 e. The van der Waals surface area contributed by atoms with E-state index in [9.17, 15) is 9.59 Å². The Labute approximate surface area is 137 Å². The van der Waals surface area contributed by atoms with Gasteiger partial charge in [0.2, 0.25) is 0 Å². The lowest BCUT2D eigenvalue weighted by Crippen LogP contribution is -2.23. The second kappa shape index (κ2) is 6.94. The van der Waals surface area contributed by atoms with Gasteiger partial charge in [0.25, 0.3) is 11.1 Å². The first-order chi connectivity index (χ1) is 11.7. The highest BCUT2D eigenvalue weighted by Crippen LogP contribution is 2.14. The molecule has 3 heterocycles. The van der Waals surface area contributed by atoms with Crippen LogP contribution in [0.4, 0.5) is 0 Å². The van der Waals surface area contributed by atoms with Crippen LogP contribution in [-0.4, -0.2) is 39.5 Å². The van der Waals surface area contributed by atoms with Crippen LogP contribution in [0.3, 0.4) is 0 Å². The van der Waals surface area contributed by atoms with Gasteiger partial charge in [0.05, 0.1) is 28.4 Å². The van der Waals surface area contributed by atoms with Gasteiger partial charge in [0.1, 0.15) is 0 Å². The highest BCUT2D eigenvalue weighted by Gasteiger charge is 2.09. The maximum atomic E-state index is 12.6. The lowest BCUT2D eigenvalue weighted by atomic mass is 10.2. The van der Waals surface area contributed by atoms with Gasteiger partial charge in [-0.15, -0.1) is 0 Å². The van der Waals surface area contributed by atoms with E-state index in [1.807, 2.05) is 0 Å². The number of pyridine rings is 3. The minimum Gasteiger partial charge on any atom is -0.395 e. The minimum absolute atomic E-state index is 0.126. The summed E-state index contributed by atoms with van der Waals surface area (Å²) in [7, 11) is 1.62. The van der Waals surface area contributed by atoms with E-state index >= 15 is 0 Å². The molecule has 0 bridgehead atoms. The lowest BCUT2D eigenvalue weighted by Gasteiger charge is -2.08. The molecular formula is C17H19N3O4. The molecule has 1 N–H and O–H groups in total. The summed E-state index contributed by atoms with van der Waals surface area (Å²) in [6.45, 7) is 1.21. The normalized spacial score (nSPS) is 11.4. The molecule has 0 aromatic carbocycles. The summed E-state index contributed by atoms with van der Waals surface area (Å²) in [6, 6.07) is 5.10. The molecule has 24 heavy (non-hydrogen) atoms. The number of methoxy groups -OCH3 is 1. The SMILES string of the molecule is COCCCn1ccc2nc3ccn(CCO)c(=O)c3cc2c1=O. The summed E-state index contributed by atoms with van der Waals surface area (Å²) < 4.78 is 8.02. The molecular weight excluding hydrogens is 310 g/mol. The van der Waals surface area contributed by atoms with Gasteiger partial charge in [-0.1, -0.05) is 0 Å². The number of fused-ring (bicyclic) bond motifs is 2. The van der Waals surface area contributed by atoms with Crippen molar-refractivity contribution in [2.45, 2.75) is 19.5 Å². The van der Waals surface area contributed by atoms with Gasteiger partial charge < -0.3 is 19.0 Å². The van der Waals surface area contributed by atoms with Crippen LogP contribution in [0.15, 0.2) is 40.2 Å². The molecule has 3 aromatic rings. The first-order valence-electron chi connectivity index (χ1n) is 7.79. The number of nitrogens with zero attached hydrogens (tertiary/aromatic N) is 3. The summed E-state index contributed by atoms with van der Waals surface area (Å²) in [5.74, 6) is 0.